The molecule has 2 aromatic carbocycles. The van der Waals surface area contributed by atoms with Gasteiger partial charge in [-0.3, -0.25) is 0 Å². The summed E-state index contributed by atoms with van der Waals surface area (Å²) in [6.45, 7) is 7.52. The van der Waals surface area contributed by atoms with Gasteiger partial charge in [0.05, 0.1) is 18.2 Å². The number of benzene rings is 2. The maximum absolute atomic E-state index is 8.91. The summed E-state index contributed by atoms with van der Waals surface area (Å²) in [6.07, 6.45) is 1.42. The number of aliphatic hydroxyl groups excluding tert-OH is 1. The van der Waals surface area contributed by atoms with Gasteiger partial charge in [-0.2, -0.15) is 0 Å². The van der Waals surface area contributed by atoms with Crippen molar-refractivity contribution < 1.29 is 14.6 Å². The molecule has 27 heavy (non-hydrogen) atoms. The van der Waals surface area contributed by atoms with Gasteiger partial charge < -0.3 is 14.6 Å². The molecule has 5 heteroatoms. The molecular weight excluding hydrogens is 383 g/mol. The Morgan fingerprint density at radius 2 is 1.63 bits per heavy atom. The van der Waals surface area contributed by atoms with Gasteiger partial charge in [-0.25, -0.2) is 0 Å². The van der Waals surface area contributed by atoms with E-state index in [0.29, 0.717) is 36.3 Å². The van der Waals surface area contributed by atoms with Crippen LogP contribution in [0.15, 0.2) is 36.4 Å². The van der Waals surface area contributed by atoms with Gasteiger partial charge in [0.25, 0.3) is 0 Å². The molecule has 0 unspecified atom stereocenters. The minimum Gasteiger partial charge on any atom is -0.494 e. The van der Waals surface area contributed by atoms with Crippen LogP contribution in [0.3, 0.4) is 0 Å². The second-order valence-electron chi connectivity index (χ2n) is 7.07. The van der Waals surface area contributed by atoms with Crippen molar-refractivity contribution in [2.24, 2.45) is 0 Å². The van der Waals surface area contributed by atoms with Crippen LogP contribution >= 0.6 is 23.2 Å². The van der Waals surface area contributed by atoms with Crippen molar-refractivity contribution in [2.75, 3.05) is 25.7 Å². The fourth-order valence-corrected chi connectivity index (χ4v) is 3.32. The van der Waals surface area contributed by atoms with Crippen molar-refractivity contribution in [1.82, 2.24) is 0 Å². The fourth-order valence-electron chi connectivity index (χ4n) is 2.89. The van der Waals surface area contributed by atoms with Crippen molar-refractivity contribution in [2.45, 2.75) is 39.0 Å². The minimum atomic E-state index is -0.216. The van der Waals surface area contributed by atoms with E-state index in [0.717, 1.165) is 23.3 Å². The molecule has 0 aliphatic heterocycles. The lowest BCUT2D eigenvalue weighted by molar-refractivity contribution is 0.233. The Labute approximate surface area is 172 Å². The van der Waals surface area contributed by atoms with Crippen LogP contribution in [0.1, 0.15) is 43.4 Å². The average Bonchev–Trinajstić information content (AvgIpc) is 2.64. The van der Waals surface area contributed by atoms with E-state index in [9.17, 15) is 0 Å². The molecule has 0 aromatic heterocycles. The van der Waals surface area contributed by atoms with Crippen molar-refractivity contribution >= 4 is 23.2 Å². The highest BCUT2D eigenvalue weighted by Crippen LogP contribution is 2.38. The van der Waals surface area contributed by atoms with Gasteiger partial charge in [-0.15, -0.1) is 11.6 Å². The zero-order valence-corrected chi connectivity index (χ0v) is 17.7. The lowest BCUT2D eigenvalue weighted by Gasteiger charge is -2.27. The summed E-state index contributed by atoms with van der Waals surface area (Å²) >= 11 is 12.2. The van der Waals surface area contributed by atoms with Crippen molar-refractivity contribution in [3.63, 3.8) is 0 Å². The topological polar surface area (TPSA) is 38.7 Å². The Morgan fingerprint density at radius 3 is 2.22 bits per heavy atom. The second-order valence-corrected chi connectivity index (χ2v) is 7.86. The van der Waals surface area contributed by atoms with Crippen molar-refractivity contribution in [3.8, 4) is 11.5 Å². The number of hydrogen-bond donors (Lipinski definition) is 1. The van der Waals surface area contributed by atoms with Crippen LogP contribution in [-0.2, 0) is 5.41 Å². The highest BCUT2D eigenvalue weighted by molar-refractivity contribution is 6.32. The summed E-state index contributed by atoms with van der Waals surface area (Å²) in [5.41, 5.74) is 3.07. The van der Waals surface area contributed by atoms with E-state index in [1.807, 2.05) is 25.1 Å². The number of aryl methyl sites for hydroxylation is 1. The van der Waals surface area contributed by atoms with Crippen LogP contribution in [0, 0.1) is 6.92 Å². The molecular formula is C22H28Cl2O3. The standard InChI is InChI=1S/C22H28Cl2O3/c1-16-14-18(15-20(24)21(16)27-13-5-11-25)22(2,3)17-6-8-19(9-7-17)26-12-4-10-23/h6-9,14-15,25H,4-5,10-13H2,1-3H3. The van der Waals surface area contributed by atoms with Crippen LogP contribution in [0.2, 0.25) is 5.02 Å². The number of hydrogen-bond acceptors (Lipinski definition) is 3. The van der Waals surface area contributed by atoms with Crippen molar-refractivity contribution in [1.29, 1.82) is 0 Å². The first-order valence-electron chi connectivity index (χ1n) is 9.23. The van der Waals surface area contributed by atoms with Gasteiger partial charge in [0, 0.05) is 24.3 Å². The van der Waals surface area contributed by atoms with Gasteiger partial charge >= 0.3 is 0 Å². The summed E-state index contributed by atoms with van der Waals surface area (Å²) in [7, 11) is 0. The number of alkyl halides is 1. The van der Waals surface area contributed by atoms with Gasteiger partial charge in [-0.1, -0.05) is 43.6 Å². The smallest absolute Gasteiger partial charge is 0.140 e. The summed E-state index contributed by atoms with van der Waals surface area (Å²) in [6, 6.07) is 12.2. The Hall–Kier alpha value is -1.42. The Morgan fingerprint density at radius 1 is 0.963 bits per heavy atom. The lowest BCUT2D eigenvalue weighted by atomic mass is 9.77. The molecule has 3 nitrogen and oxygen atoms in total. The molecule has 0 heterocycles. The highest BCUT2D eigenvalue weighted by atomic mass is 35.5. The van der Waals surface area contributed by atoms with Gasteiger partial charge in [0.2, 0.25) is 0 Å². The van der Waals surface area contributed by atoms with E-state index in [1.54, 1.807) is 0 Å². The quantitative estimate of drug-likeness (QED) is 0.400. The third-order valence-corrected chi connectivity index (χ3v) is 5.17. The molecule has 0 bridgehead atoms. The monoisotopic (exact) mass is 410 g/mol. The SMILES string of the molecule is Cc1cc(C(C)(C)c2ccc(OCCCCl)cc2)cc(Cl)c1OCCCO. The average molecular weight is 411 g/mol. The van der Waals surface area contributed by atoms with Crippen LogP contribution in [-0.4, -0.2) is 30.8 Å². The third-order valence-electron chi connectivity index (χ3n) is 4.62. The zero-order chi connectivity index (χ0) is 19.9. The van der Waals surface area contributed by atoms with Crippen LogP contribution in [0.25, 0.3) is 0 Å². The molecule has 0 amide bonds. The molecule has 0 saturated carbocycles. The van der Waals surface area contributed by atoms with Crippen LogP contribution in [0.4, 0.5) is 0 Å². The van der Waals surface area contributed by atoms with Crippen LogP contribution in [0.5, 0.6) is 11.5 Å². The Balaban J connectivity index is 2.20. The Bertz CT molecular complexity index is 704. The molecule has 1 N–H and O–H groups in total. The molecule has 0 spiro atoms. The molecule has 148 valence electrons. The molecule has 0 aliphatic rings. The van der Waals surface area contributed by atoms with E-state index in [-0.39, 0.29) is 12.0 Å². The van der Waals surface area contributed by atoms with Crippen LogP contribution < -0.4 is 9.47 Å². The Kier molecular flexibility index (Phi) is 8.28. The fraction of sp³-hybridized carbons (Fsp3) is 0.455. The summed E-state index contributed by atoms with van der Waals surface area (Å²) in [5.74, 6) is 2.14. The number of rotatable bonds is 10. The first-order chi connectivity index (χ1) is 12.9. The van der Waals surface area contributed by atoms with Gasteiger partial charge in [0.1, 0.15) is 11.5 Å². The molecule has 2 rings (SSSR count). The molecule has 0 radical (unpaired) electrons. The second kappa shape index (κ2) is 10.2. The molecule has 0 saturated heterocycles. The first-order valence-corrected chi connectivity index (χ1v) is 10.1. The highest BCUT2D eigenvalue weighted by Gasteiger charge is 2.25. The third kappa shape index (κ3) is 5.78. The van der Waals surface area contributed by atoms with Gasteiger partial charge in [0.15, 0.2) is 0 Å². The van der Waals surface area contributed by atoms with E-state index < -0.39 is 0 Å². The van der Waals surface area contributed by atoms with E-state index in [1.165, 1.54) is 5.56 Å². The van der Waals surface area contributed by atoms with E-state index >= 15 is 0 Å². The van der Waals surface area contributed by atoms with E-state index in [2.05, 4.69) is 32.0 Å². The summed E-state index contributed by atoms with van der Waals surface area (Å²) in [4.78, 5) is 0. The molecule has 0 fully saturated rings. The normalized spacial score (nSPS) is 11.5. The largest absolute Gasteiger partial charge is 0.494 e. The number of aliphatic hydroxyl groups is 1. The summed E-state index contributed by atoms with van der Waals surface area (Å²) < 4.78 is 11.4. The number of halogens is 2. The molecule has 0 atom stereocenters. The molecule has 2 aromatic rings. The van der Waals surface area contributed by atoms with Gasteiger partial charge in [-0.05, 0) is 48.2 Å². The zero-order valence-electron chi connectivity index (χ0n) is 16.2. The maximum Gasteiger partial charge on any atom is 0.140 e. The predicted octanol–water partition coefficient (Wildman–Crippen LogP) is 5.74. The summed E-state index contributed by atoms with van der Waals surface area (Å²) in [5, 5.41) is 9.51. The predicted molar refractivity (Wildman–Crippen MR) is 113 cm³/mol. The minimum absolute atomic E-state index is 0.105. The maximum atomic E-state index is 8.91. The molecule has 0 aliphatic carbocycles. The lowest BCUT2D eigenvalue weighted by Crippen LogP contribution is -2.19. The number of ether oxygens (including phenoxy) is 2. The van der Waals surface area contributed by atoms with Crippen molar-refractivity contribution in [3.05, 3.63) is 58.1 Å². The van der Waals surface area contributed by atoms with E-state index in [4.69, 9.17) is 37.8 Å². The first kappa shape index (κ1) is 21.9.